The lowest BCUT2D eigenvalue weighted by molar-refractivity contribution is -0.140. The molecule has 0 spiro atoms. The van der Waals surface area contributed by atoms with E-state index in [2.05, 4.69) is 4.84 Å². The lowest BCUT2D eigenvalue weighted by atomic mass is 10.1. The Morgan fingerprint density at radius 2 is 1.94 bits per heavy atom. The van der Waals surface area contributed by atoms with E-state index in [0.717, 1.165) is 11.1 Å². The average Bonchev–Trinajstić information content (AvgIpc) is 2.26. The van der Waals surface area contributed by atoms with Crippen LogP contribution >= 0.6 is 0 Å². The molecule has 0 bridgehead atoms. The van der Waals surface area contributed by atoms with Crippen LogP contribution in [-0.4, -0.2) is 25.1 Å². The minimum atomic E-state index is -4.84. The summed E-state index contributed by atoms with van der Waals surface area (Å²) in [5, 5.41) is 0.743. The number of nitrogens with zero attached hydrogens (tertiary/aromatic N) is 1. The average molecular weight is 251 g/mol. The monoisotopic (exact) mass is 251 g/mol. The van der Waals surface area contributed by atoms with Crippen LogP contribution in [0.3, 0.4) is 0 Å². The van der Waals surface area contributed by atoms with E-state index in [-0.39, 0.29) is 5.56 Å². The number of hydroxylamine groups is 2. The number of alkyl halides is 3. The molecule has 0 N–H and O–H groups in total. The van der Waals surface area contributed by atoms with Gasteiger partial charge in [0.25, 0.3) is 5.91 Å². The molecule has 3 nitrogen and oxygen atoms in total. The topological polar surface area (TPSA) is 29.5 Å². The summed E-state index contributed by atoms with van der Waals surface area (Å²) in [6, 6.07) is 2.01. The Morgan fingerprint density at radius 1 is 1.35 bits per heavy atom. The summed E-state index contributed by atoms with van der Waals surface area (Å²) in [5.41, 5.74) is -1.78. The number of hydrogen-bond donors (Lipinski definition) is 0. The summed E-state index contributed by atoms with van der Waals surface area (Å²) in [4.78, 5) is 16.0. The molecule has 17 heavy (non-hydrogen) atoms. The molecular formula is C10H9F4NO2. The second kappa shape index (κ2) is 4.70. The van der Waals surface area contributed by atoms with Crippen molar-refractivity contribution in [3.8, 4) is 0 Å². The van der Waals surface area contributed by atoms with Gasteiger partial charge in [-0.1, -0.05) is 0 Å². The van der Waals surface area contributed by atoms with E-state index in [4.69, 9.17) is 0 Å². The van der Waals surface area contributed by atoms with E-state index in [1.807, 2.05) is 0 Å². The molecule has 1 aromatic carbocycles. The van der Waals surface area contributed by atoms with Gasteiger partial charge in [-0.15, -0.1) is 0 Å². The van der Waals surface area contributed by atoms with Crippen LogP contribution in [0.4, 0.5) is 17.6 Å². The molecule has 94 valence electrons. The summed E-state index contributed by atoms with van der Waals surface area (Å²) in [6.45, 7) is 0. The largest absolute Gasteiger partial charge is 0.419 e. The number of halogens is 4. The third-order valence-electron chi connectivity index (χ3n) is 2.08. The van der Waals surface area contributed by atoms with E-state index in [0.29, 0.717) is 12.1 Å². The molecule has 0 radical (unpaired) electrons. The van der Waals surface area contributed by atoms with Crippen molar-refractivity contribution in [3.05, 3.63) is 35.1 Å². The van der Waals surface area contributed by atoms with Crippen molar-refractivity contribution in [2.24, 2.45) is 0 Å². The molecule has 1 amide bonds. The fraction of sp³-hybridized carbons (Fsp3) is 0.300. The number of amides is 1. The summed E-state index contributed by atoms with van der Waals surface area (Å²) >= 11 is 0. The van der Waals surface area contributed by atoms with Crippen molar-refractivity contribution in [2.75, 3.05) is 14.2 Å². The molecule has 0 heterocycles. The van der Waals surface area contributed by atoms with Crippen molar-refractivity contribution in [1.82, 2.24) is 5.06 Å². The highest BCUT2D eigenvalue weighted by Crippen LogP contribution is 2.32. The first kappa shape index (κ1) is 13.4. The Balaban J connectivity index is 3.18. The van der Waals surface area contributed by atoms with Gasteiger partial charge in [-0.25, -0.2) is 9.45 Å². The van der Waals surface area contributed by atoms with E-state index in [1.54, 1.807) is 0 Å². The molecule has 0 aliphatic rings. The zero-order chi connectivity index (χ0) is 13.2. The van der Waals surface area contributed by atoms with Crippen molar-refractivity contribution < 1.29 is 27.2 Å². The smallest absolute Gasteiger partial charge is 0.274 e. The van der Waals surface area contributed by atoms with Gasteiger partial charge in [0, 0.05) is 12.6 Å². The molecule has 0 aliphatic carbocycles. The van der Waals surface area contributed by atoms with Crippen LogP contribution in [0, 0.1) is 5.82 Å². The molecular weight excluding hydrogens is 242 g/mol. The fourth-order valence-electron chi connectivity index (χ4n) is 1.14. The minimum Gasteiger partial charge on any atom is -0.274 e. The van der Waals surface area contributed by atoms with Crippen LogP contribution in [0.25, 0.3) is 0 Å². The quantitative estimate of drug-likeness (QED) is 0.597. The van der Waals surface area contributed by atoms with E-state index in [1.165, 1.54) is 14.2 Å². The molecule has 0 saturated carbocycles. The molecule has 1 rings (SSSR count). The first-order chi connectivity index (χ1) is 7.77. The number of hydrogen-bond acceptors (Lipinski definition) is 2. The van der Waals surface area contributed by atoms with Crippen LogP contribution in [0.15, 0.2) is 18.2 Å². The first-order valence-electron chi connectivity index (χ1n) is 4.46. The predicted molar refractivity (Wildman–Crippen MR) is 50.5 cm³/mol. The van der Waals surface area contributed by atoms with Crippen LogP contribution in [-0.2, 0) is 11.0 Å². The van der Waals surface area contributed by atoms with Gasteiger partial charge in [-0.2, -0.15) is 13.2 Å². The Bertz CT molecular complexity index is 431. The standard InChI is InChI=1S/C10H9F4NO2/c1-15(17-2)9(16)6-3-4-8(11)7(5-6)10(12,13)14/h3-5H,1-2H3. The van der Waals surface area contributed by atoms with Gasteiger partial charge in [0.15, 0.2) is 0 Å². The maximum absolute atomic E-state index is 12.9. The van der Waals surface area contributed by atoms with Crippen LogP contribution < -0.4 is 0 Å². The maximum atomic E-state index is 12.9. The summed E-state index contributed by atoms with van der Waals surface area (Å²) < 4.78 is 50.1. The number of benzene rings is 1. The fourth-order valence-corrected chi connectivity index (χ4v) is 1.14. The number of rotatable bonds is 2. The van der Waals surface area contributed by atoms with Crippen molar-refractivity contribution >= 4 is 5.91 Å². The van der Waals surface area contributed by atoms with Crippen LogP contribution in [0.2, 0.25) is 0 Å². The second-order valence-electron chi connectivity index (χ2n) is 3.18. The zero-order valence-electron chi connectivity index (χ0n) is 9.01. The maximum Gasteiger partial charge on any atom is 0.419 e. The predicted octanol–water partition coefficient (Wildman–Crippen LogP) is 2.48. The lowest BCUT2D eigenvalue weighted by Gasteiger charge is -2.15. The Morgan fingerprint density at radius 3 is 2.41 bits per heavy atom. The molecule has 0 saturated heterocycles. The highest BCUT2D eigenvalue weighted by Gasteiger charge is 2.34. The number of carbonyl (C=O) groups is 1. The first-order valence-corrected chi connectivity index (χ1v) is 4.46. The molecule has 7 heteroatoms. The van der Waals surface area contributed by atoms with Crippen LogP contribution in [0.1, 0.15) is 15.9 Å². The molecule has 0 aliphatic heterocycles. The highest BCUT2D eigenvalue weighted by atomic mass is 19.4. The molecule has 0 atom stereocenters. The summed E-state index contributed by atoms with van der Waals surface area (Å²) in [7, 11) is 2.42. The van der Waals surface area contributed by atoms with Gasteiger partial charge in [-0.3, -0.25) is 9.63 Å². The normalized spacial score (nSPS) is 11.4. The molecule has 0 unspecified atom stereocenters. The van der Waals surface area contributed by atoms with Crippen molar-refractivity contribution in [3.63, 3.8) is 0 Å². The Labute approximate surface area is 94.5 Å². The third kappa shape index (κ3) is 2.94. The summed E-state index contributed by atoms with van der Waals surface area (Å²) in [5.74, 6) is -2.22. The van der Waals surface area contributed by atoms with Crippen LogP contribution in [0.5, 0.6) is 0 Å². The summed E-state index contributed by atoms with van der Waals surface area (Å²) in [6.07, 6.45) is -4.84. The van der Waals surface area contributed by atoms with E-state index < -0.39 is 23.5 Å². The van der Waals surface area contributed by atoms with E-state index in [9.17, 15) is 22.4 Å². The molecule has 0 fully saturated rings. The lowest BCUT2D eigenvalue weighted by Crippen LogP contribution is -2.26. The van der Waals surface area contributed by atoms with Gasteiger partial charge in [0.1, 0.15) is 5.82 Å². The second-order valence-corrected chi connectivity index (χ2v) is 3.18. The minimum absolute atomic E-state index is 0.303. The van der Waals surface area contributed by atoms with E-state index >= 15 is 0 Å². The van der Waals surface area contributed by atoms with Gasteiger partial charge in [0.2, 0.25) is 0 Å². The van der Waals surface area contributed by atoms with Gasteiger partial charge < -0.3 is 0 Å². The molecule has 1 aromatic rings. The van der Waals surface area contributed by atoms with Crippen molar-refractivity contribution in [1.29, 1.82) is 0 Å². The SMILES string of the molecule is CON(C)C(=O)c1ccc(F)c(C(F)(F)F)c1. The third-order valence-corrected chi connectivity index (χ3v) is 2.08. The highest BCUT2D eigenvalue weighted by molar-refractivity contribution is 5.93. The van der Waals surface area contributed by atoms with Gasteiger partial charge >= 0.3 is 6.18 Å². The Kier molecular flexibility index (Phi) is 3.72. The van der Waals surface area contributed by atoms with Crippen molar-refractivity contribution in [2.45, 2.75) is 6.18 Å². The number of carbonyl (C=O) groups excluding carboxylic acids is 1. The van der Waals surface area contributed by atoms with Gasteiger partial charge in [-0.05, 0) is 18.2 Å². The molecule has 0 aromatic heterocycles. The zero-order valence-corrected chi connectivity index (χ0v) is 9.01. The van der Waals surface area contributed by atoms with Gasteiger partial charge in [0.05, 0.1) is 12.7 Å². The Hall–Kier alpha value is -1.63.